The van der Waals surface area contributed by atoms with Gasteiger partial charge in [-0.1, -0.05) is 313 Å². The van der Waals surface area contributed by atoms with Crippen LogP contribution in [0, 0.1) is 0 Å². The normalized spacial score (nSPS) is 12.4. The number of rotatable bonds is 63. The lowest BCUT2D eigenvalue weighted by Crippen LogP contribution is -2.30. The number of hydrogen-bond donors (Lipinski definition) is 0. The van der Waals surface area contributed by atoms with Gasteiger partial charge in [0.2, 0.25) is 0 Å². The number of esters is 3. The van der Waals surface area contributed by atoms with Crippen molar-refractivity contribution in [1.29, 1.82) is 0 Å². The van der Waals surface area contributed by atoms with Crippen molar-refractivity contribution in [3.8, 4) is 0 Å². The third kappa shape index (κ3) is 63.9. The molecule has 0 aromatic carbocycles. The predicted molar refractivity (Wildman–Crippen MR) is 339 cm³/mol. The van der Waals surface area contributed by atoms with E-state index in [0.29, 0.717) is 19.3 Å². The molecule has 1 unspecified atom stereocenters. The Balaban J connectivity index is 4.13. The molecule has 0 radical (unpaired) electrons. The lowest BCUT2D eigenvalue weighted by molar-refractivity contribution is -0.167. The summed E-state index contributed by atoms with van der Waals surface area (Å²) < 4.78 is 16.9. The van der Waals surface area contributed by atoms with Gasteiger partial charge in [-0.05, 0) is 89.9 Å². The fourth-order valence-electron chi connectivity index (χ4n) is 10.1. The van der Waals surface area contributed by atoms with Gasteiger partial charge in [0, 0.05) is 19.3 Å². The van der Waals surface area contributed by atoms with Crippen molar-refractivity contribution in [2.75, 3.05) is 13.2 Å². The lowest BCUT2D eigenvalue weighted by atomic mass is 10.0. The van der Waals surface area contributed by atoms with E-state index in [2.05, 4.69) is 81.5 Å². The van der Waals surface area contributed by atoms with E-state index in [0.717, 1.165) is 77.0 Å². The monoisotopic (exact) mass is 1090 g/mol. The molecule has 0 bridgehead atoms. The highest BCUT2D eigenvalue weighted by Gasteiger charge is 2.19. The second kappa shape index (κ2) is 66.6. The maximum absolute atomic E-state index is 12.9. The molecule has 1 atom stereocenters. The Kier molecular flexibility index (Phi) is 64.2. The van der Waals surface area contributed by atoms with Gasteiger partial charge in [0.15, 0.2) is 6.10 Å². The van der Waals surface area contributed by atoms with E-state index in [1.165, 1.54) is 244 Å². The molecule has 0 aromatic heterocycles. The summed E-state index contributed by atoms with van der Waals surface area (Å²) in [6.45, 7) is 6.64. The summed E-state index contributed by atoms with van der Waals surface area (Å²) >= 11 is 0. The Bertz CT molecular complexity index is 1390. The summed E-state index contributed by atoms with van der Waals surface area (Å²) in [6.07, 6.45) is 85.4. The van der Waals surface area contributed by atoms with Gasteiger partial charge >= 0.3 is 17.9 Å². The maximum Gasteiger partial charge on any atom is 0.306 e. The third-order valence-electron chi connectivity index (χ3n) is 15.2. The van der Waals surface area contributed by atoms with Gasteiger partial charge in [-0.2, -0.15) is 0 Å². The SMILES string of the molecule is CCCCC/C=C\C/C=C\CCCCCCCCCCCC(=O)OC(COC(=O)CCCCCCCCCCCC)COC(=O)CCCCCCCCCCCCCCCCCC/C=C\C/C=C\C/C=C\CCCCCCC. The largest absolute Gasteiger partial charge is 0.462 e. The summed E-state index contributed by atoms with van der Waals surface area (Å²) in [4.78, 5) is 38.3. The van der Waals surface area contributed by atoms with Crippen LogP contribution < -0.4 is 0 Å². The van der Waals surface area contributed by atoms with Crippen LogP contribution in [0.3, 0.4) is 0 Å². The summed E-state index contributed by atoms with van der Waals surface area (Å²) in [7, 11) is 0. The number of ether oxygens (including phenoxy) is 3. The Morgan fingerprint density at radius 2 is 0.462 bits per heavy atom. The Hall–Kier alpha value is -2.89. The van der Waals surface area contributed by atoms with Crippen LogP contribution in [0.5, 0.6) is 0 Å². The van der Waals surface area contributed by atoms with Gasteiger partial charge in [0.1, 0.15) is 13.2 Å². The van der Waals surface area contributed by atoms with Gasteiger partial charge in [-0.25, -0.2) is 0 Å². The van der Waals surface area contributed by atoms with Crippen molar-refractivity contribution in [2.45, 2.75) is 367 Å². The quantitative estimate of drug-likeness (QED) is 0.0261. The molecule has 0 aliphatic rings. The van der Waals surface area contributed by atoms with Crippen LogP contribution in [0.1, 0.15) is 361 Å². The first-order valence-corrected chi connectivity index (χ1v) is 34.3. The van der Waals surface area contributed by atoms with E-state index in [-0.39, 0.29) is 31.1 Å². The molecule has 0 N–H and O–H groups in total. The Morgan fingerprint density at radius 3 is 0.744 bits per heavy atom. The van der Waals surface area contributed by atoms with Crippen LogP contribution in [0.2, 0.25) is 0 Å². The van der Waals surface area contributed by atoms with Crippen LogP contribution >= 0.6 is 0 Å². The van der Waals surface area contributed by atoms with E-state index in [1.807, 2.05) is 0 Å². The molecule has 0 saturated carbocycles. The first-order valence-electron chi connectivity index (χ1n) is 34.3. The zero-order valence-electron chi connectivity index (χ0n) is 52.2. The average molecular weight is 1090 g/mol. The van der Waals surface area contributed by atoms with E-state index in [9.17, 15) is 14.4 Å². The zero-order valence-corrected chi connectivity index (χ0v) is 52.2. The highest BCUT2D eigenvalue weighted by atomic mass is 16.6. The number of hydrogen-bond acceptors (Lipinski definition) is 6. The summed E-state index contributed by atoms with van der Waals surface area (Å²) in [5.41, 5.74) is 0. The minimum atomic E-state index is -0.774. The van der Waals surface area contributed by atoms with Crippen LogP contribution in [-0.4, -0.2) is 37.2 Å². The highest BCUT2D eigenvalue weighted by molar-refractivity contribution is 5.71. The molecule has 0 saturated heterocycles. The summed E-state index contributed by atoms with van der Waals surface area (Å²) in [5.74, 6) is -0.857. The smallest absolute Gasteiger partial charge is 0.306 e. The van der Waals surface area contributed by atoms with Crippen molar-refractivity contribution >= 4 is 17.9 Å². The van der Waals surface area contributed by atoms with Gasteiger partial charge < -0.3 is 14.2 Å². The minimum absolute atomic E-state index is 0.0714. The molecular formula is C72H130O6. The number of allylic oxidation sites excluding steroid dienone is 10. The van der Waals surface area contributed by atoms with Crippen molar-refractivity contribution in [3.63, 3.8) is 0 Å². The molecule has 0 spiro atoms. The van der Waals surface area contributed by atoms with Crippen LogP contribution in [-0.2, 0) is 28.6 Å². The lowest BCUT2D eigenvalue weighted by Gasteiger charge is -2.18. The average Bonchev–Trinajstić information content (AvgIpc) is 3.44. The molecular weight excluding hydrogens is 961 g/mol. The van der Waals surface area contributed by atoms with Crippen molar-refractivity contribution < 1.29 is 28.6 Å². The van der Waals surface area contributed by atoms with Crippen LogP contribution in [0.4, 0.5) is 0 Å². The minimum Gasteiger partial charge on any atom is -0.462 e. The Morgan fingerprint density at radius 1 is 0.256 bits per heavy atom. The van der Waals surface area contributed by atoms with Crippen LogP contribution in [0.25, 0.3) is 0 Å². The van der Waals surface area contributed by atoms with Crippen LogP contribution in [0.15, 0.2) is 60.8 Å². The molecule has 0 aliphatic heterocycles. The third-order valence-corrected chi connectivity index (χ3v) is 15.2. The zero-order chi connectivity index (χ0) is 56.4. The number of unbranched alkanes of at least 4 members (excludes halogenated alkanes) is 42. The fourth-order valence-corrected chi connectivity index (χ4v) is 10.1. The molecule has 454 valence electrons. The molecule has 0 amide bonds. The van der Waals surface area contributed by atoms with Gasteiger partial charge in [-0.15, -0.1) is 0 Å². The molecule has 0 rings (SSSR count). The standard InChI is InChI=1S/C72H130O6/c1-4-7-10-13-16-19-22-24-26-28-30-31-32-33-34-35-36-37-38-39-40-41-43-44-46-48-50-53-56-59-62-65-71(74)77-68-69(67-76-70(73)64-61-58-55-52-21-18-15-12-9-6-3)78-72(75)66-63-60-57-54-51-49-47-45-42-29-27-25-23-20-17-14-11-8-5-2/h17,20,22,24-25,27-28,30,32-33,69H,4-16,18-19,21,23,26,29,31,34-68H2,1-3H3/b20-17-,24-22-,27-25-,30-28-,33-32-. The fraction of sp³-hybridized carbons (Fsp3) is 0.819. The van der Waals surface area contributed by atoms with Gasteiger partial charge in [0.25, 0.3) is 0 Å². The molecule has 6 heteroatoms. The first kappa shape index (κ1) is 75.1. The first-order chi connectivity index (χ1) is 38.5. The maximum atomic E-state index is 12.9. The van der Waals surface area contributed by atoms with E-state index >= 15 is 0 Å². The van der Waals surface area contributed by atoms with Gasteiger partial charge in [0.05, 0.1) is 0 Å². The van der Waals surface area contributed by atoms with Crippen molar-refractivity contribution in [2.24, 2.45) is 0 Å². The van der Waals surface area contributed by atoms with E-state index < -0.39 is 6.10 Å². The second-order valence-electron chi connectivity index (χ2n) is 23.1. The van der Waals surface area contributed by atoms with Crippen molar-refractivity contribution in [1.82, 2.24) is 0 Å². The molecule has 78 heavy (non-hydrogen) atoms. The highest BCUT2D eigenvalue weighted by Crippen LogP contribution is 2.17. The van der Waals surface area contributed by atoms with E-state index in [1.54, 1.807) is 0 Å². The molecule has 0 fully saturated rings. The Labute approximate surface area is 485 Å². The summed E-state index contributed by atoms with van der Waals surface area (Å²) in [5, 5.41) is 0. The second-order valence-corrected chi connectivity index (χ2v) is 23.1. The molecule has 0 aromatic rings. The van der Waals surface area contributed by atoms with Gasteiger partial charge in [-0.3, -0.25) is 14.4 Å². The molecule has 0 heterocycles. The molecule has 6 nitrogen and oxygen atoms in total. The summed E-state index contributed by atoms with van der Waals surface area (Å²) in [6, 6.07) is 0. The predicted octanol–water partition coefficient (Wildman–Crippen LogP) is 23.5. The van der Waals surface area contributed by atoms with Crippen molar-refractivity contribution in [3.05, 3.63) is 60.8 Å². The number of carbonyl (C=O) groups excluding carboxylic acids is 3. The topological polar surface area (TPSA) is 78.9 Å². The van der Waals surface area contributed by atoms with E-state index in [4.69, 9.17) is 14.2 Å². The number of carbonyl (C=O) groups is 3. The molecule has 0 aliphatic carbocycles.